The van der Waals surface area contributed by atoms with Crippen LogP contribution in [0.25, 0.3) is 0 Å². The lowest BCUT2D eigenvalue weighted by atomic mass is 10.3. The fourth-order valence-electron chi connectivity index (χ4n) is 2.54. The number of aromatic hydroxyl groups is 1. The highest BCUT2D eigenvalue weighted by atomic mass is 31.1. The number of methoxy groups -OCH3 is 2. The van der Waals surface area contributed by atoms with Crippen molar-refractivity contribution >= 4 is 23.8 Å². The Bertz CT molecular complexity index is 750. The van der Waals surface area contributed by atoms with E-state index >= 15 is 0 Å². The molecule has 3 rings (SSSR count). The van der Waals surface area contributed by atoms with Gasteiger partial charge in [-0.2, -0.15) is 0 Å². The molecule has 3 aromatic carbocycles. The number of para-hydroxylation sites is 1. The SMILES string of the molecule is COc1ccc(P(c2ccc(OC)cc2)c2ccccc2O)cc1. The minimum Gasteiger partial charge on any atom is -0.507 e. The van der Waals surface area contributed by atoms with Crippen LogP contribution in [0.2, 0.25) is 0 Å². The van der Waals surface area contributed by atoms with Gasteiger partial charge in [-0.1, -0.05) is 42.5 Å². The van der Waals surface area contributed by atoms with E-state index in [1.807, 2.05) is 42.5 Å². The molecule has 4 heteroatoms. The highest BCUT2D eigenvalue weighted by Crippen LogP contribution is 2.36. The summed E-state index contributed by atoms with van der Waals surface area (Å²) in [6.45, 7) is 0. The molecular weight excluding hydrogens is 319 g/mol. The molecule has 0 spiro atoms. The molecule has 0 saturated heterocycles. The van der Waals surface area contributed by atoms with E-state index < -0.39 is 7.92 Å². The molecule has 3 nitrogen and oxygen atoms in total. The van der Waals surface area contributed by atoms with Gasteiger partial charge in [-0.15, -0.1) is 0 Å². The summed E-state index contributed by atoms with van der Waals surface area (Å²) in [6, 6.07) is 23.6. The summed E-state index contributed by atoms with van der Waals surface area (Å²) in [4.78, 5) is 0. The summed E-state index contributed by atoms with van der Waals surface area (Å²) in [5, 5.41) is 13.6. The van der Waals surface area contributed by atoms with E-state index in [0.29, 0.717) is 5.75 Å². The zero-order valence-electron chi connectivity index (χ0n) is 13.6. The van der Waals surface area contributed by atoms with Gasteiger partial charge in [0.15, 0.2) is 0 Å². The Morgan fingerprint density at radius 2 is 1.12 bits per heavy atom. The maximum absolute atomic E-state index is 10.4. The smallest absolute Gasteiger partial charge is 0.123 e. The van der Waals surface area contributed by atoms with Crippen LogP contribution in [0, 0.1) is 0 Å². The molecule has 0 atom stereocenters. The molecule has 24 heavy (non-hydrogen) atoms. The van der Waals surface area contributed by atoms with Crippen LogP contribution >= 0.6 is 7.92 Å². The lowest BCUT2D eigenvalue weighted by Gasteiger charge is -2.20. The van der Waals surface area contributed by atoms with Crippen molar-refractivity contribution in [1.29, 1.82) is 0 Å². The first-order chi connectivity index (χ1) is 11.7. The molecule has 0 aliphatic carbocycles. The molecule has 122 valence electrons. The van der Waals surface area contributed by atoms with Gasteiger partial charge in [0.05, 0.1) is 14.2 Å². The van der Waals surface area contributed by atoms with Gasteiger partial charge in [0, 0.05) is 5.30 Å². The zero-order valence-corrected chi connectivity index (χ0v) is 14.5. The molecule has 0 aliphatic rings. The largest absolute Gasteiger partial charge is 0.507 e. The van der Waals surface area contributed by atoms with Crippen molar-refractivity contribution in [3.8, 4) is 17.2 Å². The Balaban J connectivity index is 2.10. The number of hydrogen-bond donors (Lipinski definition) is 1. The average molecular weight is 338 g/mol. The van der Waals surface area contributed by atoms with E-state index in [1.54, 1.807) is 20.3 Å². The van der Waals surface area contributed by atoms with Gasteiger partial charge in [0.25, 0.3) is 0 Å². The lowest BCUT2D eigenvalue weighted by Crippen LogP contribution is -2.20. The molecule has 0 aliphatic heterocycles. The van der Waals surface area contributed by atoms with Gasteiger partial charge in [0.2, 0.25) is 0 Å². The zero-order chi connectivity index (χ0) is 16.9. The predicted octanol–water partition coefficient (Wildman–Crippen LogP) is 3.17. The molecule has 3 aromatic rings. The van der Waals surface area contributed by atoms with Crippen LogP contribution in [0.15, 0.2) is 72.8 Å². The van der Waals surface area contributed by atoms with Crippen LogP contribution in [-0.4, -0.2) is 19.3 Å². The molecule has 0 bridgehead atoms. The molecule has 1 N–H and O–H groups in total. The standard InChI is InChI=1S/C20H19O3P/c1-22-15-7-11-17(12-8-15)24(20-6-4-3-5-19(20)21)18-13-9-16(23-2)10-14-18/h3-14,21H,1-2H3. The van der Waals surface area contributed by atoms with Crippen molar-refractivity contribution in [2.24, 2.45) is 0 Å². The first-order valence-electron chi connectivity index (χ1n) is 7.59. The van der Waals surface area contributed by atoms with Gasteiger partial charge in [-0.3, -0.25) is 0 Å². The molecule has 0 amide bonds. The predicted molar refractivity (Wildman–Crippen MR) is 99.9 cm³/mol. The maximum atomic E-state index is 10.4. The summed E-state index contributed by atoms with van der Waals surface area (Å²) in [5.41, 5.74) is 0. The fourth-order valence-corrected chi connectivity index (χ4v) is 4.83. The van der Waals surface area contributed by atoms with Crippen molar-refractivity contribution < 1.29 is 14.6 Å². The normalized spacial score (nSPS) is 10.6. The lowest BCUT2D eigenvalue weighted by molar-refractivity contribution is 0.415. The Labute approximate surface area is 143 Å². The number of phenolic OH excluding ortho intramolecular Hbond substituents is 1. The van der Waals surface area contributed by atoms with Crippen LogP contribution in [-0.2, 0) is 0 Å². The molecule has 0 fully saturated rings. The third kappa shape index (κ3) is 3.37. The quantitative estimate of drug-likeness (QED) is 0.726. The molecular formula is C20H19O3P. The molecule has 0 radical (unpaired) electrons. The van der Waals surface area contributed by atoms with Gasteiger partial charge in [0.1, 0.15) is 17.2 Å². The molecule has 0 aromatic heterocycles. The second-order valence-corrected chi connectivity index (χ2v) is 7.41. The number of rotatable bonds is 5. The first kappa shape index (κ1) is 16.4. The van der Waals surface area contributed by atoms with E-state index in [4.69, 9.17) is 9.47 Å². The van der Waals surface area contributed by atoms with Crippen LogP contribution in [0.4, 0.5) is 0 Å². The highest BCUT2D eigenvalue weighted by molar-refractivity contribution is 7.80. The second kappa shape index (κ2) is 7.37. The summed E-state index contributed by atoms with van der Waals surface area (Å²) in [7, 11) is 2.45. The number of phenols is 1. The van der Waals surface area contributed by atoms with Gasteiger partial charge < -0.3 is 14.6 Å². The Kier molecular flexibility index (Phi) is 5.02. The summed E-state index contributed by atoms with van der Waals surface area (Å²) < 4.78 is 10.5. The van der Waals surface area contributed by atoms with Crippen molar-refractivity contribution in [3.05, 3.63) is 72.8 Å². The topological polar surface area (TPSA) is 38.7 Å². The Morgan fingerprint density at radius 3 is 1.54 bits per heavy atom. The van der Waals surface area contributed by atoms with Crippen molar-refractivity contribution in [3.63, 3.8) is 0 Å². The van der Waals surface area contributed by atoms with Crippen molar-refractivity contribution in [2.75, 3.05) is 14.2 Å². The van der Waals surface area contributed by atoms with Gasteiger partial charge >= 0.3 is 0 Å². The molecule has 0 unspecified atom stereocenters. The van der Waals surface area contributed by atoms with Crippen LogP contribution < -0.4 is 25.4 Å². The van der Waals surface area contributed by atoms with Crippen LogP contribution in [0.5, 0.6) is 17.2 Å². The van der Waals surface area contributed by atoms with Crippen molar-refractivity contribution in [1.82, 2.24) is 0 Å². The summed E-state index contributed by atoms with van der Waals surface area (Å²) in [6.07, 6.45) is 0. The number of hydrogen-bond acceptors (Lipinski definition) is 3. The van der Waals surface area contributed by atoms with E-state index in [-0.39, 0.29) is 0 Å². The van der Waals surface area contributed by atoms with Gasteiger partial charge in [-0.05, 0) is 48.9 Å². The summed E-state index contributed by atoms with van der Waals surface area (Å²) in [5.74, 6) is 1.96. The maximum Gasteiger partial charge on any atom is 0.123 e. The fraction of sp³-hybridized carbons (Fsp3) is 0.100. The van der Waals surface area contributed by atoms with E-state index in [1.165, 1.54) is 0 Å². The van der Waals surface area contributed by atoms with Gasteiger partial charge in [-0.25, -0.2) is 0 Å². The highest BCUT2D eigenvalue weighted by Gasteiger charge is 2.19. The first-order valence-corrected chi connectivity index (χ1v) is 8.93. The van der Waals surface area contributed by atoms with E-state index in [2.05, 4.69) is 24.3 Å². The summed E-state index contributed by atoms with van der Waals surface area (Å²) >= 11 is 0. The minimum atomic E-state index is -0.863. The number of benzene rings is 3. The van der Waals surface area contributed by atoms with E-state index in [9.17, 15) is 5.11 Å². The molecule has 0 heterocycles. The molecule has 0 saturated carbocycles. The van der Waals surface area contributed by atoms with Crippen LogP contribution in [0.1, 0.15) is 0 Å². The van der Waals surface area contributed by atoms with E-state index in [0.717, 1.165) is 27.4 Å². The average Bonchev–Trinajstić information content (AvgIpc) is 2.64. The third-order valence-electron chi connectivity index (χ3n) is 3.78. The third-order valence-corrected chi connectivity index (χ3v) is 6.27. The Morgan fingerprint density at radius 1 is 0.667 bits per heavy atom. The van der Waals surface area contributed by atoms with Crippen LogP contribution in [0.3, 0.4) is 0 Å². The number of ether oxygens (including phenoxy) is 2. The minimum absolute atomic E-state index is 0.315. The monoisotopic (exact) mass is 338 g/mol. The van der Waals surface area contributed by atoms with Crippen molar-refractivity contribution in [2.45, 2.75) is 0 Å². The Hall–Kier alpha value is -2.51. The second-order valence-electron chi connectivity index (χ2n) is 5.22.